The van der Waals surface area contributed by atoms with Gasteiger partial charge in [-0.3, -0.25) is 0 Å². The highest BCUT2D eigenvalue weighted by atomic mass is 16.5. The number of hydrogen-bond donors (Lipinski definition) is 1. The zero-order chi connectivity index (χ0) is 11.7. The summed E-state index contributed by atoms with van der Waals surface area (Å²) in [7, 11) is 1.54. The molecule has 86 valence electrons. The maximum absolute atomic E-state index is 9.51. The lowest BCUT2D eigenvalue weighted by Gasteiger charge is -2.08. The van der Waals surface area contributed by atoms with Crippen molar-refractivity contribution in [2.24, 2.45) is 5.92 Å². The highest BCUT2D eigenvalue weighted by Gasteiger charge is 2.21. The van der Waals surface area contributed by atoms with Crippen molar-refractivity contribution in [1.29, 1.82) is 0 Å². The Kier molecular flexibility index (Phi) is 2.77. The van der Waals surface area contributed by atoms with E-state index in [4.69, 9.17) is 9.47 Å². The lowest BCUT2D eigenvalue weighted by Crippen LogP contribution is -1.94. The Hall–Kier alpha value is -1.64. The van der Waals surface area contributed by atoms with Gasteiger partial charge in [-0.1, -0.05) is 6.92 Å². The summed E-state index contributed by atoms with van der Waals surface area (Å²) in [5, 5.41) is 9.51. The standard InChI is InChI=1S/C13H16O3/c1-8-7-16-13(9(8)2)10-4-5-11(14)12(6-10)15-3/h4-6,8,14H,7H2,1-3H3. The number of aromatic hydroxyl groups is 1. The first-order valence-electron chi connectivity index (χ1n) is 5.34. The zero-order valence-corrected chi connectivity index (χ0v) is 9.78. The second-order valence-corrected chi connectivity index (χ2v) is 4.11. The highest BCUT2D eigenvalue weighted by molar-refractivity contribution is 5.67. The Labute approximate surface area is 95.3 Å². The molecule has 0 aromatic heterocycles. The third-order valence-electron chi connectivity index (χ3n) is 3.02. The van der Waals surface area contributed by atoms with Crippen molar-refractivity contribution in [3.63, 3.8) is 0 Å². The number of phenolic OH excluding ortho intramolecular Hbond substituents is 1. The van der Waals surface area contributed by atoms with Gasteiger partial charge in [0, 0.05) is 11.5 Å². The molecule has 1 aliphatic rings. The van der Waals surface area contributed by atoms with Gasteiger partial charge in [-0.15, -0.1) is 0 Å². The summed E-state index contributed by atoms with van der Waals surface area (Å²) < 4.78 is 10.7. The van der Waals surface area contributed by atoms with E-state index in [-0.39, 0.29) is 5.75 Å². The average molecular weight is 220 g/mol. The average Bonchev–Trinajstić information content (AvgIpc) is 2.61. The molecule has 0 aliphatic carbocycles. The molecule has 1 unspecified atom stereocenters. The molecule has 3 nitrogen and oxygen atoms in total. The molecule has 0 amide bonds. The van der Waals surface area contributed by atoms with Crippen molar-refractivity contribution >= 4 is 5.76 Å². The molecule has 0 fully saturated rings. The predicted octanol–water partition coefficient (Wildman–Crippen LogP) is 2.80. The van der Waals surface area contributed by atoms with E-state index in [1.807, 2.05) is 6.07 Å². The topological polar surface area (TPSA) is 38.7 Å². The Morgan fingerprint density at radius 2 is 2.19 bits per heavy atom. The van der Waals surface area contributed by atoms with E-state index in [0.717, 1.165) is 17.9 Å². The minimum absolute atomic E-state index is 0.149. The molecule has 1 aliphatic heterocycles. The van der Waals surface area contributed by atoms with Crippen LogP contribution in [-0.2, 0) is 4.74 Å². The second kappa shape index (κ2) is 4.08. The molecule has 1 N–H and O–H groups in total. The van der Waals surface area contributed by atoms with Gasteiger partial charge in [0.25, 0.3) is 0 Å². The monoisotopic (exact) mass is 220 g/mol. The third-order valence-corrected chi connectivity index (χ3v) is 3.02. The maximum Gasteiger partial charge on any atom is 0.161 e. The molecule has 0 radical (unpaired) electrons. The number of benzene rings is 1. The molecule has 1 atom stereocenters. The van der Waals surface area contributed by atoms with Crippen LogP contribution in [0.15, 0.2) is 23.8 Å². The smallest absolute Gasteiger partial charge is 0.161 e. The number of methoxy groups -OCH3 is 1. The summed E-state index contributed by atoms with van der Waals surface area (Å²) in [5.41, 5.74) is 2.20. The minimum Gasteiger partial charge on any atom is -0.504 e. The van der Waals surface area contributed by atoms with Gasteiger partial charge in [0.1, 0.15) is 5.76 Å². The lowest BCUT2D eigenvalue weighted by atomic mass is 10.0. The molecular weight excluding hydrogens is 204 g/mol. The van der Waals surface area contributed by atoms with E-state index >= 15 is 0 Å². The molecule has 3 heteroatoms. The molecule has 2 rings (SSSR count). The number of rotatable bonds is 2. The van der Waals surface area contributed by atoms with Crippen LogP contribution in [0.2, 0.25) is 0 Å². The van der Waals surface area contributed by atoms with Crippen LogP contribution >= 0.6 is 0 Å². The lowest BCUT2D eigenvalue weighted by molar-refractivity contribution is 0.277. The SMILES string of the molecule is COc1cc(C2=C(C)C(C)CO2)ccc1O. The molecule has 1 heterocycles. The van der Waals surface area contributed by atoms with Crippen LogP contribution in [0.5, 0.6) is 11.5 Å². The molecule has 0 bridgehead atoms. The third kappa shape index (κ3) is 1.73. The molecule has 0 saturated carbocycles. The van der Waals surface area contributed by atoms with E-state index in [2.05, 4.69) is 13.8 Å². The zero-order valence-electron chi connectivity index (χ0n) is 9.78. The number of ether oxygens (including phenoxy) is 2. The van der Waals surface area contributed by atoms with E-state index in [1.165, 1.54) is 12.7 Å². The first-order valence-corrected chi connectivity index (χ1v) is 5.34. The van der Waals surface area contributed by atoms with E-state index in [1.54, 1.807) is 12.1 Å². The Bertz CT molecular complexity index is 435. The van der Waals surface area contributed by atoms with Crippen LogP contribution in [0.4, 0.5) is 0 Å². The van der Waals surface area contributed by atoms with Gasteiger partial charge in [-0.05, 0) is 30.7 Å². The van der Waals surface area contributed by atoms with Gasteiger partial charge < -0.3 is 14.6 Å². The van der Waals surface area contributed by atoms with Gasteiger partial charge in [0.05, 0.1) is 13.7 Å². The van der Waals surface area contributed by atoms with Crippen LogP contribution in [0.3, 0.4) is 0 Å². The van der Waals surface area contributed by atoms with E-state index in [0.29, 0.717) is 11.7 Å². The van der Waals surface area contributed by atoms with Gasteiger partial charge in [-0.2, -0.15) is 0 Å². The van der Waals surface area contributed by atoms with Crippen molar-refractivity contribution < 1.29 is 14.6 Å². The molecule has 16 heavy (non-hydrogen) atoms. The molecule has 0 saturated heterocycles. The highest BCUT2D eigenvalue weighted by Crippen LogP contribution is 2.35. The molecule has 0 spiro atoms. The number of hydrogen-bond acceptors (Lipinski definition) is 3. The van der Waals surface area contributed by atoms with Gasteiger partial charge >= 0.3 is 0 Å². The van der Waals surface area contributed by atoms with Gasteiger partial charge in [0.2, 0.25) is 0 Å². The van der Waals surface area contributed by atoms with Gasteiger partial charge in [-0.25, -0.2) is 0 Å². The summed E-state index contributed by atoms with van der Waals surface area (Å²) in [4.78, 5) is 0. The summed E-state index contributed by atoms with van der Waals surface area (Å²) >= 11 is 0. The fraction of sp³-hybridized carbons (Fsp3) is 0.385. The summed E-state index contributed by atoms with van der Waals surface area (Å²) in [6, 6.07) is 5.27. The predicted molar refractivity (Wildman–Crippen MR) is 62.4 cm³/mol. The van der Waals surface area contributed by atoms with Gasteiger partial charge in [0.15, 0.2) is 11.5 Å². The van der Waals surface area contributed by atoms with E-state index in [9.17, 15) is 5.11 Å². The van der Waals surface area contributed by atoms with Crippen LogP contribution < -0.4 is 4.74 Å². The van der Waals surface area contributed by atoms with Crippen molar-refractivity contribution in [2.45, 2.75) is 13.8 Å². The van der Waals surface area contributed by atoms with Crippen LogP contribution in [0.25, 0.3) is 5.76 Å². The Morgan fingerprint density at radius 1 is 1.44 bits per heavy atom. The summed E-state index contributed by atoms with van der Waals surface area (Å²) in [6.45, 7) is 4.94. The maximum atomic E-state index is 9.51. The Balaban J connectivity index is 2.42. The van der Waals surface area contributed by atoms with Crippen molar-refractivity contribution in [3.8, 4) is 11.5 Å². The van der Waals surface area contributed by atoms with Crippen molar-refractivity contribution in [1.82, 2.24) is 0 Å². The summed E-state index contributed by atoms with van der Waals surface area (Å²) in [6.07, 6.45) is 0. The second-order valence-electron chi connectivity index (χ2n) is 4.11. The van der Waals surface area contributed by atoms with E-state index < -0.39 is 0 Å². The quantitative estimate of drug-likeness (QED) is 0.832. The van der Waals surface area contributed by atoms with Crippen molar-refractivity contribution in [3.05, 3.63) is 29.3 Å². The Morgan fingerprint density at radius 3 is 2.75 bits per heavy atom. The van der Waals surface area contributed by atoms with Crippen LogP contribution in [0.1, 0.15) is 19.4 Å². The fourth-order valence-electron chi connectivity index (χ4n) is 1.80. The molecule has 1 aromatic carbocycles. The van der Waals surface area contributed by atoms with Crippen molar-refractivity contribution in [2.75, 3.05) is 13.7 Å². The fourth-order valence-corrected chi connectivity index (χ4v) is 1.80. The largest absolute Gasteiger partial charge is 0.504 e. The minimum atomic E-state index is 0.149. The van der Waals surface area contributed by atoms with Crippen LogP contribution in [0, 0.1) is 5.92 Å². The normalized spacial score (nSPS) is 19.8. The van der Waals surface area contributed by atoms with Crippen LogP contribution in [-0.4, -0.2) is 18.8 Å². The first kappa shape index (κ1) is 10.9. The molecular formula is C13H16O3. The first-order chi connectivity index (χ1) is 7.63. The molecule has 1 aromatic rings. The summed E-state index contributed by atoms with van der Waals surface area (Å²) in [5.74, 6) is 1.98. The number of phenols is 1.